The Balaban J connectivity index is 1.76. The molecule has 0 fully saturated rings. The molecule has 35 heavy (non-hydrogen) atoms. The second-order valence-corrected chi connectivity index (χ2v) is 7.08. The van der Waals surface area contributed by atoms with Crippen LogP contribution in [-0.4, -0.2) is 47.1 Å². The number of methoxy groups -OCH3 is 1. The van der Waals surface area contributed by atoms with E-state index >= 15 is 0 Å². The van der Waals surface area contributed by atoms with Crippen molar-refractivity contribution in [3.8, 4) is 17.2 Å². The number of likely N-dealkylation sites (N-methyl/N-ethyl adjacent to an activating group) is 1. The Morgan fingerprint density at radius 1 is 1.06 bits per heavy atom. The van der Waals surface area contributed by atoms with E-state index in [1.54, 1.807) is 13.0 Å². The van der Waals surface area contributed by atoms with Gasteiger partial charge in [-0.25, -0.2) is 9.07 Å². The summed E-state index contributed by atoms with van der Waals surface area (Å²) in [5.74, 6) is -1.53. The zero-order valence-corrected chi connectivity index (χ0v) is 18.6. The van der Waals surface area contributed by atoms with Crippen LogP contribution in [0.4, 0.5) is 17.6 Å². The quantitative estimate of drug-likeness (QED) is 0.442. The van der Waals surface area contributed by atoms with Gasteiger partial charge in [-0.05, 0) is 48.9 Å². The van der Waals surface area contributed by atoms with Crippen molar-refractivity contribution in [2.75, 3.05) is 20.3 Å². The SMILES string of the molecule is CCNC(=O)COc1ccc(CNC(=O)c2nnn(-c3ccc(F)cc3)c2C(F)(F)F)cc1OC. The molecule has 0 aliphatic rings. The molecule has 0 saturated carbocycles. The fourth-order valence-electron chi connectivity index (χ4n) is 3.05. The van der Waals surface area contributed by atoms with Gasteiger partial charge in [0.1, 0.15) is 5.82 Å². The summed E-state index contributed by atoms with van der Waals surface area (Å²) in [4.78, 5) is 24.1. The van der Waals surface area contributed by atoms with Gasteiger partial charge in [-0.2, -0.15) is 13.2 Å². The highest BCUT2D eigenvalue weighted by Crippen LogP contribution is 2.33. The molecule has 186 valence electrons. The summed E-state index contributed by atoms with van der Waals surface area (Å²) < 4.78 is 65.4. The van der Waals surface area contributed by atoms with E-state index in [1.165, 1.54) is 19.2 Å². The summed E-state index contributed by atoms with van der Waals surface area (Å²) >= 11 is 0. The third kappa shape index (κ3) is 6.25. The first-order valence-electron chi connectivity index (χ1n) is 10.3. The summed E-state index contributed by atoms with van der Waals surface area (Å²) in [5.41, 5.74) is -1.96. The van der Waals surface area contributed by atoms with Crippen molar-refractivity contribution < 1.29 is 36.6 Å². The summed E-state index contributed by atoms with van der Waals surface area (Å²) in [6.45, 7) is 1.82. The molecular formula is C22H21F4N5O4. The van der Waals surface area contributed by atoms with Gasteiger partial charge in [-0.1, -0.05) is 11.3 Å². The lowest BCUT2D eigenvalue weighted by atomic mass is 10.2. The molecule has 3 rings (SSSR count). The number of amides is 2. The van der Waals surface area contributed by atoms with Crippen molar-refractivity contribution in [3.05, 3.63) is 65.2 Å². The molecule has 2 amide bonds. The number of ether oxygens (including phenoxy) is 2. The maximum Gasteiger partial charge on any atom is 0.435 e. The van der Waals surface area contributed by atoms with Crippen LogP contribution in [0.25, 0.3) is 5.69 Å². The number of nitrogens with zero attached hydrogens (tertiary/aromatic N) is 3. The number of carbonyl (C=O) groups is 2. The van der Waals surface area contributed by atoms with Gasteiger partial charge in [0.25, 0.3) is 11.8 Å². The summed E-state index contributed by atoms with van der Waals surface area (Å²) in [7, 11) is 1.38. The number of hydrogen-bond donors (Lipinski definition) is 2. The van der Waals surface area contributed by atoms with Gasteiger partial charge >= 0.3 is 6.18 Å². The minimum Gasteiger partial charge on any atom is -0.493 e. The summed E-state index contributed by atoms with van der Waals surface area (Å²) in [5, 5.41) is 11.8. The Kier molecular flexibility index (Phi) is 7.89. The molecule has 0 spiro atoms. The van der Waals surface area contributed by atoms with Crippen LogP contribution in [0.3, 0.4) is 0 Å². The molecule has 0 aliphatic heterocycles. The number of benzene rings is 2. The van der Waals surface area contributed by atoms with Crippen LogP contribution in [0, 0.1) is 5.82 Å². The summed E-state index contributed by atoms with van der Waals surface area (Å²) in [6, 6.07) is 8.67. The van der Waals surface area contributed by atoms with Gasteiger partial charge < -0.3 is 20.1 Å². The highest BCUT2D eigenvalue weighted by molar-refractivity contribution is 5.93. The van der Waals surface area contributed by atoms with E-state index in [2.05, 4.69) is 20.9 Å². The standard InChI is InChI=1S/C22H21F4N5O4/c1-3-27-18(32)12-35-16-9-4-13(10-17(16)34-2)11-28-21(33)19-20(22(24,25)26)31(30-29-19)15-7-5-14(23)6-8-15/h4-10H,3,11-12H2,1-2H3,(H,27,32)(H,28,33). The lowest BCUT2D eigenvalue weighted by molar-refractivity contribution is -0.143. The topological polar surface area (TPSA) is 107 Å². The molecule has 3 aromatic rings. The first-order valence-corrected chi connectivity index (χ1v) is 10.3. The maximum absolute atomic E-state index is 13.7. The monoisotopic (exact) mass is 495 g/mol. The second kappa shape index (κ2) is 10.8. The zero-order valence-electron chi connectivity index (χ0n) is 18.6. The van der Waals surface area contributed by atoms with Gasteiger partial charge in [-0.3, -0.25) is 9.59 Å². The van der Waals surface area contributed by atoms with Crippen molar-refractivity contribution in [1.29, 1.82) is 0 Å². The molecule has 0 atom stereocenters. The average molecular weight is 495 g/mol. The minimum atomic E-state index is -4.96. The van der Waals surface area contributed by atoms with Crippen LogP contribution in [0.15, 0.2) is 42.5 Å². The Bertz CT molecular complexity index is 1200. The lowest BCUT2D eigenvalue weighted by Crippen LogP contribution is -2.28. The van der Waals surface area contributed by atoms with Crippen LogP contribution in [0.5, 0.6) is 11.5 Å². The van der Waals surface area contributed by atoms with Crippen molar-refractivity contribution in [2.24, 2.45) is 0 Å². The number of nitrogens with one attached hydrogen (secondary N) is 2. The summed E-state index contributed by atoms with van der Waals surface area (Å²) in [6.07, 6.45) is -4.96. The van der Waals surface area contributed by atoms with Gasteiger partial charge in [0.05, 0.1) is 12.8 Å². The molecule has 13 heteroatoms. The van der Waals surface area contributed by atoms with Crippen molar-refractivity contribution in [2.45, 2.75) is 19.6 Å². The number of carbonyl (C=O) groups excluding carboxylic acids is 2. The lowest BCUT2D eigenvalue weighted by Gasteiger charge is -2.13. The average Bonchev–Trinajstić information content (AvgIpc) is 3.28. The molecule has 0 radical (unpaired) electrons. The van der Waals surface area contributed by atoms with Gasteiger partial charge in [0.15, 0.2) is 29.5 Å². The molecule has 0 saturated heterocycles. The maximum atomic E-state index is 13.7. The number of hydrogen-bond acceptors (Lipinski definition) is 6. The molecule has 0 bridgehead atoms. The number of aromatic nitrogens is 3. The first kappa shape index (κ1) is 25.5. The van der Waals surface area contributed by atoms with Gasteiger partial charge in [-0.15, -0.1) is 5.10 Å². The highest BCUT2D eigenvalue weighted by Gasteiger charge is 2.42. The predicted molar refractivity (Wildman–Crippen MR) is 115 cm³/mol. The molecule has 1 heterocycles. The normalized spacial score (nSPS) is 11.1. The number of halogens is 4. The third-order valence-corrected chi connectivity index (χ3v) is 4.64. The Morgan fingerprint density at radius 2 is 1.77 bits per heavy atom. The van der Waals surface area contributed by atoms with E-state index in [0.29, 0.717) is 16.8 Å². The molecule has 0 aliphatic carbocycles. The minimum absolute atomic E-state index is 0.113. The van der Waals surface area contributed by atoms with Gasteiger partial charge in [0, 0.05) is 13.1 Å². The first-order chi connectivity index (χ1) is 16.6. The van der Waals surface area contributed by atoms with E-state index < -0.39 is 29.3 Å². The van der Waals surface area contributed by atoms with E-state index in [9.17, 15) is 27.2 Å². The largest absolute Gasteiger partial charge is 0.493 e. The second-order valence-electron chi connectivity index (χ2n) is 7.08. The molecule has 1 aromatic heterocycles. The van der Waals surface area contributed by atoms with Crippen molar-refractivity contribution in [3.63, 3.8) is 0 Å². The predicted octanol–water partition coefficient (Wildman–Crippen LogP) is 2.88. The van der Waals surface area contributed by atoms with Crippen LogP contribution in [-0.2, 0) is 17.5 Å². The smallest absolute Gasteiger partial charge is 0.435 e. The van der Waals surface area contributed by atoms with E-state index in [-0.39, 0.29) is 36.2 Å². The Morgan fingerprint density at radius 3 is 2.40 bits per heavy atom. The molecule has 0 unspecified atom stereocenters. The van der Waals surface area contributed by atoms with E-state index in [1.807, 2.05) is 0 Å². The zero-order chi connectivity index (χ0) is 25.6. The van der Waals surface area contributed by atoms with Crippen molar-refractivity contribution >= 4 is 11.8 Å². The molecular weight excluding hydrogens is 474 g/mol. The van der Waals surface area contributed by atoms with Crippen molar-refractivity contribution in [1.82, 2.24) is 25.6 Å². The molecule has 2 N–H and O–H groups in total. The van der Waals surface area contributed by atoms with E-state index in [4.69, 9.17) is 9.47 Å². The highest BCUT2D eigenvalue weighted by atomic mass is 19.4. The van der Waals surface area contributed by atoms with Crippen LogP contribution in [0.1, 0.15) is 28.7 Å². The van der Waals surface area contributed by atoms with Gasteiger partial charge in [0.2, 0.25) is 0 Å². The Hall–Kier alpha value is -4.16. The fourth-order valence-corrected chi connectivity index (χ4v) is 3.05. The third-order valence-electron chi connectivity index (χ3n) is 4.64. The molecule has 9 nitrogen and oxygen atoms in total. The molecule has 2 aromatic carbocycles. The fraction of sp³-hybridized carbons (Fsp3) is 0.273. The van der Waals surface area contributed by atoms with Crippen LogP contribution >= 0.6 is 0 Å². The Labute approximate surface area is 197 Å². The number of rotatable bonds is 9. The number of alkyl halides is 3. The van der Waals surface area contributed by atoms with Crippen LogP contribution in [0.2, 0.25) is 0 Å². The van der Waals surface area contributed by atoms with Crippen LogP contribution < -0.4 is 20.1 Å². The van der Waals surface area contributed by atoms with E-state index in [0.717, 1.165) is 24.3 Å².